The van der Waals surface area contributed by atoms with E-state index in [0.717, 1.165) is 0 Å². The fraction of sp³-hybridized carbons (Fsp3) is 0.478. The zero-order valence-electron chi connectivity index (χ0n) is 21.4. The molecule has 4 amide bonds. The summed E-state index contributed by atoms with van der Waals surface area (Å²) >= 11 is 0. The van der Waals surface area contributed by atoms with E-state index in [1.165, 1.54) is 31.2 Å². The second-order valence-electron chi connectivity index (χ2n) is 8.78. The van der Waals surface area contributed by atoms with Crippen molar-refractivity contribution in [1.82, 2.24) is 16.0 Å². The first-order valence-electron chi connectivity index (χ1n) is 11.9. The SMILES string of the molecule is CC(O)C(NC(=O)C(N)CCCN=C(N)N)C(=O)NC(CC(N)=O)C(=O)NC(Cc1ccc(O)cc1)C(=O)O. The Hall–Kier alpha value is -4.44. The fourth-order valence-electron chi connectivity index (χ4n) is 3.33. The first-order chi connectivity index (χ1) is 18.2. The van der Waals surface area contributed by atoms with Crippen molar-refractivity contribution >= 4 is 35.6 Å². The van der Waals surface area contributed by atoms with E-state index in [-0.39, 0.29) is 31.1 Å². The number of aliphatic imine (C=N–C) groups is 1. The highest BCUT2D eigenvalue weighted by molar-refractivity contribution is 5.96. The van der Waals surface area contributed by atoms with Gasteiger partial charge in [0.2, 0.25) is 23.6 Å². The number of carboxylic acid groups (broad SMARTS) is 1. The number of aliphatic hydroxyl groups is 1. The van der Waals surface area contributed by atoms with Crippen LogP contribution >= 0.6 is 0 Å². The Morgan fingerprint density at radius 3 is 2.03 bits per heavy atom. The number of primary amides is 1. The van der Waals surface area contributed by atoms with Crippen molar-refractivity contribution in [3.8, 4) is 5.75 Å². The number of phenols is 1. The normalized spacial score (nSPS) is 14.5. The molecule has 16 heteroatoms. The van der Waals surface area contributed by atoms with Crippen LogP contribution in [0.15, 0.2) is 29.3 Å². The highest BCUT2D eigenvalue weighted by Gasteiger charge is 2.33. The van der Waals surface area contributed by atoms with Crippen molar-refractivity contribution in [1.29, 1.82) is 0 Å². The third-order valence-corrected chi connectivity index (χ3v) is 5.40. The van der Waals surface area contributed by atoms with Gasteiger partial charge in [-0.15, -0.1) is 0 Å². The fourth-order valence-corrected chi connectivity index (χ4v) is 3.33. The van der Waals surface area contributed by atoms with Crippen LogP contribution in [0.4, 0.5) is 0 Å². The summed E-state index contributed by atoms with van der Waals surface area (Å²) in [5, 5.41) is 35.7. The number of hydrogen-bond acceptors (Lipinski definition) is 9. The summed E-state index contributed by atoms with van der Waals surface area (Å²) in [6, 6.07) is -0.130. The molecule has 1 rings (SSSR count). The van der Waals surface area contributed by atoms with Crippen LogP contribution in [-0.2, 0) is 30.4 Å². The molecule has 0 radical (unpaired) electrons. The summed E-state index contributed by atoms with van der Waals surface area (Å²) in [5.41, 5.74) is 21.9. The smallest absolute Gasteiger partial charge is 0.326 e. The molecule has 0 spiro atoms. The lowest BCUT2D eigenvalue weighted by Gasteiger charge is -2.26. The number of carbonyl (C=O) groups excluding carboxylic acids is 4. The van der Waals surface area contributed by atoms with Gasteiger partial charge in [-0.25, -0.2) is 4.79 Å². The van der Waals surface area contributed by atoms with Gasteiger partial charge >= 0.3 is 5.97 Å². The summed E-state index contributed by atoms with van der Waals surface area (Å²) in [5.74, 6) is -5.41. The van der Waals surface area contributed by atoms with Gasteiger partial charge in [0.25, 0.3) is 0 Å². The van der Waals surface area contributed by atoms with Crippen LogP contribution in [-0.4, -0.2) is 87.7 Å². The summed E-state index contributed by atoms with van der Waals surface area (Å²) in [4.78, 5) is 65.2. The molecule has 216 valence electrons. The van der Waals surface area contributed by atoms with E-state index in [0.29, 0.717) is 12.0 Å². The summed E-state index contributed by atoms with van der Waals surface area (Å²) in [7, 11) is 0. The third kappa shape index (κ3) is 12.1. The third-order valence-electron chi connectivity index (χ3n) is 5.40. The van der Waals surface area contributed by atoms with Crippen LogP contribution in [0, 0.1) is 0 Å². The molecular weight excluding hydrogens is 516 g/mol. The molecule has 5 unspecified atom stereocenters. The number of benzene rings is 1. The van der Waals surface area contributed by atoms with Gasteiger partial charge in [-0.3, -0.25) is 24.2 Å². The summed E-state index contributed by atoms with van der Waals surface area (Å²) in [6.45, 7) is 1.42. The van der Waals surface area contributed by atoms with Crippen LogP contribution < -0.4 is 38.9 Å². The van der Waals surface area contributed by atoms with Crippen molar-refractivity contribution in [2.45, 2.75) is 62.9 Å². The van der Waals surface area contributed by atoms with Gasteiger partial charge in [-0.1, -0.05) is 12.1 Å². The molecule has 0 aliphatic rings. The van der Waals surface area contributed by atoms with E-state index in [4.69, 9.17) is 22.9 Å². The highest BCUT2D eigenvalue weighted by Crippen LogP contribution is 2.12. The van der Waals surface area contributed by atoms with E-state index in [2.05, 4.69) is 20.9 Å². The highest BCUT2D eigenvalue weighted by atomic mass is 16.4. The number of carboxylic acids is 1. The van der Waals surface area contributed by atoms with E-state index >= 15 is 0 Å². The predicted molar refractivity (Wildman–Crippen MR) is 139 cm³/mol. The first kappa shape index (κ1) is 32.6. The molecule has 0 heterocycles. The van der Waals surface area contributed by atoms with Crippen molar-refractivity contribution in [3.63, 3.8) is 0 Å². The Morgan fingerprint density at radius 1 is 0.923 bits per heavy atom. The molecule has 5 atom stereocenters. The molecule has 14 N–H and O–H groups in total. The Bertz CT molecular complexity index is 1040. The van der Waals surface area contributed by atoms with Crippen LogP contribution in [0.3, 0.4) is 0 Å². The first-order valence-corrected chi connectivity index (χ1v) is 11.9. The molecule has 0 aromatic heterocycles. The molecule has 0 saturated heterocycles. The topological polar surface area (TPSA) is 299 Å². The van der Waals surface area contributed by atoms with Crippen LogP contribution in [0.2, 0.25) is 0 Å². The number of nitrogens with zero attached hydrogens (tertiary/aromatic N) is 1. The van der Waals surface area contributed by atoms with Crippen LogP contribution in [0.5, 0.6) is 5.75 Å². The molecule has 1 aromatic rings. The second-order valence-corrected chi connectivity index (χ2v) is 8.78. The van der Waals surface area contributed by atoms with E-state index in [1.807, 2.05) is 0 Å². The summed E-state index contributed by atoms with van der Waals surface area (Å²) < 4.78 is 0. The van der Waals surface area contributed by atoms with E-state index in [1.54, 1.807) is 0 Å². The average Bonchev–Trinajstić information content (AvgIpc) is 2.84. The zero-order valence-corrected chi connectivity index (χ0v) is 21.4. The number of aromatic hydroxyl groups is 1. The van der Waals surface area contributed by atoms with Crippen LogP contribution in [0.1, 0.15) is 31.7 Å². The van der Waals surface area contributed by atoms with Crippen molar-refractivity contribution < 1.29 is 39.3 Å². The maximum Gasteiger partial charge on any atom is 0.326 e. The molecule has 1 aromatic carbocycles. The quantitative estimate of drug-likeness (QED) is 0.0537. The van der Waals surface area contributed by atoms with Crippen molar-refractivity contribution in [2.24, 2.45) is 27.9 Å². The number of nitrogens with one attached hydrogen (secondary N) is 3. The Balaban J connectivity index is 2.92. The molecule has 16 nitrogen and oxygen atoms in total. The molecule has 0 aliphatic heterocycles. The minimum atomic E-state index is -1.62. The van der Waals surface area contributed by atoms with Crippen molar-refractivity contribution in [2.75, 3.05) is 6.54 Å². The zero-order chi connectivity index (χ0) is 29.7. The number of rotatable bonds is 16. The lowest BCUT2D eigenvalue weighted by atomic mass is 10.0. The number of hydrogen-bond donors (Lipinski definition) is 10. The average molecular weight is 553 g/mol. The Morgan fingerprint density at radius 2 is 1.51 bits per heavy atom. The minimum absolute atomic E-state index is 0.0365. The number of guanidine groups is 1. The van der Waals surface area contributed by atoms with Crippen molar-refractivity contribution in [3.05, 3.63) is 29.8 Å². The molecule has 0 saturated carbocycles. The van der Waals surface area contributed by atoms with Gasteiger partial charge in [0, 0.05) is 13.0 Å². The minimum Gasteiger partial charge on any atom is -0.508 e. The lowest BCUT2D eigenvalue weighted by Crippen LogP contribution is -2.60. The van der Waals surface area contributed by atoms with Gasteiger partial charge in [-0.2, -0.15) is 0 Å². The molecule has 0 bridgehead atoms. The Kier molecular flexibility index (Phi) is 13.1. The van der Waals surface area contributed by atoms with E-state index in [9.17, 15) is 39.3 Å². The number of nitrogens with two attached hydrogens (primary N) is 4. The molecular formula is C23H36N8O8. The number of amides is 4. The second kappa shape index (κ2) is 15.7. The largest absolute Gasteiger partial charge is 0.508 e. The van der Waals surface area contributed by atoms with Gasteiger partial charge in [0.05, 0.1) is 18.6 Å². The monoisotopic (exact) mass is 552 g/mol. The molecule has 39 heavy (non-hydrogen) atoms. The predicted octanol–water partition coefficient (Wildman–Crippen LogP) is -3.89. The maximum absolute atomic E-state index is 12.9. The van der Waals surface area contributed by atoms with Crippen LogP contribution in [0.25, 0.3) is 0 Å². The maximum atomic E-state index is 12.9. The Labute approximate surface area is 224 Å². The van der Waals surface area contributed by atoms with Gasteiger partial charge < -0.3 is 54.2 Å². The molecule has 0 fully saturated rings. The van der Waals surface area contributed by atoms with Gasteiger partial charge in [-0.05, 0) is 37.5 Å². The van der Waals surface area contributed by atoms with E-state index < -0.39 is 66.3 Å². The lowest BCUT2D eigenvalue weighted by molar-refractivity contribution is -0.142. The number of phenolic OH excluding ortho intramolecular Hbond substituents is 1. The summed E-state index contributed by atoms with van der Waals surface area (Å²) in [6.07, 6.45) is -1.81. The van der Waals surface area contributed by atoms with Gasteiger partial charge in [0.15, 0.2) is 5.96 Å². The standard InChI is InChI=1S/C23H36N8O8/c1-11(32)18(31-19(35)14(24)3-2-8-28-23(26)27)21(37)29-15(10-17(25)34)20(36)30-16(22(38)39)9-12-4-6-13(33)7-5-12/h4-7,11,14-16,18,32-33H,2-3,8-10,24H2,1H3,(H2,25,34)(H,29,37)(H,30,36)(H,31,35)(H,38,39)(H4,26,27,28). The number of carbonyl (C=O) groups is 5. The van der Waals surface area contributed by atoms with Gasteiger partial charge in [0.1, 0.15) is 23.9 Å². The number of aliphatic carboxylic acids is 1. The molecule has 0 aliphatic carbocycles. The number of aliphatic hydroxyl groups excluding tert-OH is 1.